The van der Waals surface area contributed by atoms with Crippen molar-refractivity contribution in [1.82, 2.24) is 0 Å². The van der Waals surface area contributed by atoms with Crippen LogP contribution in [-0.2, 0) is 29.5 Å². The fraction of sp³-hybridized carbons (Fsp3) is 0.833. The lowest BCUT2D eigenvalue weighted by atomic mass is 10.2. The van der Waals surface area contributed by atoms with Crippen molar-refractivity contribution in [1.29, 1.82) is 5.26 Å². The van der Waals surface area contributed by atoms with Gasteiger partial charge >= 0.3 is 5.97 Å². The number of rotatable bonds is 11. The zero-order chi connectivity index (χ0) is 14.5. The Kier molecular flexibility index (Phi) is 15.7. The van der Waals surface area contributed by atoms with Gasteiger partial charge in [0.2, 0.25) is 0 Å². The van der Waals surface area contributed by atoms with Crippen LogP contribution in [0.2, 0.25) is 0 Å². The summed E-state index contributed by atoms with van der Waals surface area (Å²) < 4.78 is 24.9. The van der Waals surface area contributed by atoms with Crippen molar-refractivity contribution >= 4 is 28.8 Å². The number of nitriles is 1. The number of carbonyl (C=O) groups excluding carboxylic acids is 1. The molecule has 8 heteroatoms. The molecule has 2 unspecified atom stereocenters. The van der Waals surface area contributed by atoms with Crippen LogP contribution in [0.4, 0.5) is 0 Å². The van der Waals surface area contributed by atoms with Crippen LogP contribution in [0.3, 0.4) is 0 Å². The highest BCUT2D eigenvalue weighted by molar-refractivity contribution is 7.99. The molecule has 20 heavy (non-hydrogen) atoms. The van der Waals surface area contributed by atoms with Crippen LogP contribution in [0.1, 0.15) is 20.8 Å². The molecule has 0 spiro atoms. The maximum atomic E-state index is 11.5. The van der Waals surface area contributed by atoms with E-state index in [-0.39, 0.29) is 32.5 Å². The molecule has 0 saturated heterocycles. The van der Waals surface area contributed by atoms with E-state index in [1.165, 1.54) is 13.4 Å². The molecule has 118 valence electrons. The average molecular weight is 325 g/mol. The first-order valence-corrected chi connectivity index (χ1v) is 8.19. The number of nitrogens with zero attached hydrogens (tertiary/aromatic N) is 1. The van der Waals surface area contributed by atoms with Gasteiger partial charge in [0.15, 0.2) is 11.1 Å². The first-order valence-electron chi connectivity index (χ1n) is 5.80. The average Bonchev–Trinajstić information content (AvgIpc) is 2.42. The molecule has 0 aliphatic rings. The minimum absolute atomic E-state index is 0. The third kappa shape index (κ3) is 12.3. The quantitative estimate of drug-likeness (QED) is 0.325. The molecule has 2 atom stereocenters. The van der Waals surface area contributed by atoms with E-state index in [0.717, 1.165) is 12.2 Å². The molecule has 6 nitrogen and oxygen atoms in total. The van der Waals surface area contributed by atoms with E-state index in [2.05, 4.69) is 8.92 Å². The van der Waals surface area contributed by atoms with Crippen molar-refractivity contribution in [2.24, 2.45) is 5.92 Å². The Morgan fingerprint density at radius 3 is 2.75 bits per heavy atom. The summed E-state index contributed by atoms with van der Waals surface area (Å²) >= 11 is 0.410. The molecule has 0 N–H and O–H groups in total. The van der Waals surface area contributed by atoms with E-state index in [1.54, 1.807) is 18.7 Å². The van der Waals surface area contributed by atoms with Gasteiger partial charge in [-0.05, 0) is 12.2 Å². The van der Waals surface area contributed by atoms with Gasteiger partial charge in [-0.15, -0.1) is 0 Å². The first-order chi connectivity index (χ1) is 9.11. The topological polar surface area (TPSA) is 85.6 Å². The second-order valence-electron chi connectivity index (χ2n) is 3.61. The molecular weight excluding hydrogens is 302 g/mol. The van der Waals surface area contributed by atoms with Crippen molar-refractivity contribution in [3.8, 4) is 6.26 Å². The van der Waals surface area contributed by atoms with Crippen LogP contribution in [-0.4, -0.2) is 47.8 Å². The molecule has 0 heterocycles. The molecule has 0 bridgehead atoms. The Labute approximate surface area is 127 Å². The van der Waals surface area contributed by atoms with E-state index in [4.69, 9.17) is 10.00 Å². The van der Waals surface area contributed by atoms with Crippen LogP contribution < -0.4 is 0 Å². The molecule has 0 aliphatic carbocycles. The Morgan fingerprint density at radius 1 is 1.45 bits per heavy atom. The molecule has 0 aromatic carbocycles. The van der Waals surface area contributed by atoms with E-state index >= 15 is 0 Å². The van der Waals surface area contributed by atoms with Gasteiger partial charge in [-0.2, -0.15) is 17.0 Å². The molecule has 0 amide bonds. The lowest BCUT2D eigenvalue weighted by Gasteiger charge is -2.10. The summed E-state index contributed by atoms with van der Waals surface area (Å²) in [6.07, 6.45) is 2.28. The largest absolute Gasteiger partial charge is 0.462 e. The maximum absolute atomic E-state index is 11.5. The van der Waals surface area contributed by atoms with Gasteiger partial charge in [0.25, 0.3) is 6.26 Å². The van der Waals surface area contributed by atoms with Crippen molar-refractivity contribution in [3.05, 3.63) is 0 Å². The molecule has 0 saturated carbocycles. The van der Waals surface area contributed by atoms with Gasteiger partial charge in [-0.25, -0.2) is 4.21 Å². The molecular formula is C12H23NO5S2. The number of hydrogen-bond donors (Lipinski definition) is 0. The number of thioether (sulfide) groups is 1. The normalized spacial score (nSPS) is 12.7. The number of ether oxygens (including phenoxy) is 2. The third-order valence-electron chi connectivity index (χ3n) is 2.05. The van der Waals surface area contributed by atoms with Crippen LogP contribution in [0, 0.1) is 17.4 Å². The number of esters is 1. The highest BCUT2D eigenvalue weighted by atomic mass is 32.2. The van der Waals surface area contributed by atoms with E-state index in [1.807, 2.05) is 0 Å². The Balaban J connectivity index is 0. The van der Waals surface area contributed by atoms with Crippen LogP contribution in [0.25, 0.3) is 0 Å². The Morgan fingerprint density at radius 2 is 2.15 bits per heavy atom. The van der Waals surface area contributed by atoms with Crippen molar-refractivity contribution in [2.75, 3.05) is 37.6 Å². The van der Waals surface area contributed by atoms with Gasteiger partial charge in [0.1, 0.15) is 13.2 Å². The Bertz CT molecular complexity index is 319. The van der Waals surface area contributed by atoms with E-state index in [9.17, 15) is 9.00 Å². The van der Waals surface area contributed by atoms with Gasteiger partial charge < -0.3 is 9.47 Å². The van der Waals surface area contributed by atoms with E-state index < -0.39 is 11.1 Å². The fourth-order valence-corrected chi connectivity index (χ4v) is 2.80. The summed E-state index contributed by atoms with van der Waals surface area (Å²) in [4.78, 5) is 11.5. The number of carbonyl (C=O) groups is 1. The summed E-state index contributed by atoms with van der Waals surface area (Å²) in [5.74, 6) is 1.48. The summed E-state index contributed by atoms with van der Waals surface area (Å²) in [6.45, 7) is 1.97. The van der Waals surface area contributed by atoms with Gasteiger partial charge in [0.05, 0.1) is 18.8 Å². The SMILES string of the molecule is C.COS(=O)CCCSCC(C)C(=O)OCCOC#N. The van der Waals surface area contributed by atoms with Crippen LogP contribution in [0.15, 0.2) is 0 Å². The standard InChI is InChI=1S/C11H19NO5S2.CH4/c1-10(11(13)17-5-4-16-9-12)8-18-6-3-7-19(14)15-2;/h10H,3-8H2,1-2H3;1H4. The monoisotopic (exact) mass is 325 g/mol. The second-order valence-corrected chi connectivity index (χ2v) is 6.11. The molecule has 0 rings (SSSR count). The highest BCUT2D eigenvalue weighted by Gasteiger charge is 2.14. The lowest BCUT2D eigenvalue weighted by Crippen LogP contribution is -2.19. The summed E-state index contributed by atoms with van der Waals surface area (Å²) in [6, 6.07) is 0. The van der Waals surface area contributed by atoms with Crippen molar-refractivity contribution < 1.29 is 22.7 Å². The van der Waals surface area contributed by atoms with Crippen molar-refractivity contribution in [2.45, 2.75) is 20.8 Å². The van der Waals surface area contributed by atoms with Gasteiger partial charge in [-0.1, -0.05) is 14.4 Å². The van der Waals surface area contributed by atoms with Crippen LogP contribution in [0.5, 0.6) is 0 Å². The van der Waals surface area contributed by atoms with E-state index in [0.29, 0.717) is 11.5 Å². The number of hydrogen-bond acceptors (Lipinski definition) is 7. The first kappa shape index (κ1) is 21.5. The summed E-state index contributed by atoms with van der Waals surface area (Å²) in [7, 11) is 1.41. The molecule has 0 radical (unpaired) electrons. The molecule has 0 aromatic rings. The lowest BCUT2D eigenvalue weighted by molar-refractivity contribution is -0.148. The van der Waals surface area contributed by atoms with Crippen LogP contribution >= 0.6 is 11.8 Å². The second kappa shape index (κ2) is 14.6. The third-order valence-corrected chi connectivity index (χ3v) is 4.36. The predicted molar refractivity (Wildman–Crippen MR) is 80.4 cm³/mol. The van der Waals surface area contributed by atoms with Gasteiger partial charge in [0, 0.05) is 5.75 Å². The minimum atomic E-state index is -1.20. The Hall–Kier alpha value is -0.780. The van der Waals surface area contributed by atoms with Gasteiger partial charge in [-0.3, -0.25) is 8.98 Å². The zero-order valence-corrected chi connectivity index (χ0v) is 12.8. The van der Waals surface area contributed by atoms with Crippen molar-refractivity contribution in [3.63, 3.8) is 0 Å². The smallest absolute Gasteiger partial charge is 0.309 e. The minimum Gasteiger partial charge on any atom is -0.462 e. The zero-order valence-electron chi connectivity index (χ0n) is 11.1. The molecule has 0 aromatic heterocycles. The predicted octanol–water partition coefficient (Wildman–Crippen LogP) is 1.73. The summed E-state index contributed by atoms with van der Waals surface area (Å²) in [5.41, 5.74) is 0. The summed E-state index contributed by atoms with van der Waals surface area (Å²) in [5, 5.41) is 8.12. The molecule has 0 fully saturated rings. The highest BCUT2D eigenvalue weighted by Crippen LogP contribution is 2.11. The fourth-order valence-electron chi connectivity index (χ4n) is 1.06. The molecule has 0 aliphatic heterocycles. The maximum Gasteiger partial charge on any atom is 0.309 e.